The summed E-state index contributed by atoms with van der Waals surface area (Å²) in [6.07, 6.45) is 1.00. The van der Waals surface area contributed by atoms with Crippen LogP contribution >= 0.6 is 11.6 Å². The van der Waals surface area contributed by atoms with Crippen molar-refractivity contribution in [2.45, 2.75) is 13.3 Å². The summed E-state index contributed by atoms with van der Waals surface area (Å²) in [6, 6.07) is 15.0. The van der Waals surface area contributed by atoms with Crippen molar-refractivity contribution in [1.82, 2.24) is 5.32 Å². The minimum atomic E-state index is -0.213. The quantitative estimate of drug-likeness (QED) is 0.752. The highest BCUT2D eigenvalue weighted by atomic mass is 35.5. The number of rotatable bonds is 8. The lowest BCUT2D eigenvalue weighted by Gasteiger charge is -2.10. The Kier molecular flexibility index (Phi) is 6.76. The molecule has 0 saturated carbocycles. The number of hydrogen-bond acceptors (Lipinski definition) is 3. The number of nitrogens with one attached hydrogen (secondary N) is 1. The lowest BCUT2D eigenvalue weighted by Crippen LogP contribution is -2.32. The number of para-hydroxylation sites is 1. The van der Waals surface area contributed by atoms with Crippen molar-refractivity contribution in [3.63, 3.8) is 0 Å². The van der Waals surface area contributed by atoms with Gasteiger partial charge in [-0.05, 0) is 36.2 Å². The molecule has 0 saturated heterocycles. The van der Waals surface area contributed by atoms with Crippen molar-refractivity contribution in [3.8, 4) is 11.5 Å². The maximum Gasteiger partial charge on any atom is 0.258 e. The van der Waals surface area contributed by atoms with Crippen LogP contribution in [0.1, 0.15) is 12.5 Å². The molecule has 2 rings (SSSR count). The fourth-order valence-corrected chi connectivity index (χ4v) is 2.13. The van der Waals surface area contributed by atoms with Gasteiger partial charge in [0.15, 0.2) is 6.61 Å². The van der Waals surface area contributed by atoms with Crippen molar-refractivity contribution >= 4 is 17.5 Å². The molecule has 1 N–H and O–H groups in total. The van der Waals surface area contributed by atoms with E-state index in [4.69, 9.17) is 21.1 Å². The summed E-state index contributed by atoms with van der Waals surface area (Å²) in [5.74, 6) is 1.08. The van der Waals surface area contributed by atoms with Crippen LogP contribution < -0.4 is 14.8 Å². The predicted octanol–water partition coefficient (Wildman–Crippen LogP) is 3.48. The molecule has 0 spiro atoms. The molecule has 4 nitrogen and oxygen atoms in total. The molecular formula is C18H20ClNO3. The zero-order valence-electron chi connectivity index (χ0n) is 13.0. The first-order valence-corrected chi connectivity index (χ1v) is 7.92. The lowest BCUT2D eigenvalue weighted by atomic mass is 10.2. The van der Waals surface area contributed by atoms with Crippen molar-refractivity contribution in [1.29, 1.82) is 0 Å². The average Bonchev–Trinajstić information content (AvgIpc) is 2.58. The molecule has 2 aromatic rings. The third-order valence-electron chi connectivity index (χ3n) is 3.22. The minimum absolute atomic E-state index is 0.0745. The van der Waals surface area contributed by atoms with Crippen LogP contribution in [0.5, 0.6) is 11.5 Å². The fraction of sp³-hybridized carbons (Fsp3) is 0.278. The molecule has 0 fully saturated rings. The number of benzene rings is 2. The maximum absolute atomic E-state index is 11.7. The Hall–Kier alpha value is -2.20. The Morgan fingerprint density at radius 3 is 2.52 bits per heavy atom. The van der Waals surface area contributed by atoms with E-state index in [0.717, 1.165) is 12.2 Å². The summed E-state index contributed by atoms with van der Waals surface area (Å²) in [5, 5.41) is 3.22. The van der Waals surface area contributed by atoms with Gasteiger partial charge in [-0.15, -0.1) is 0 Å². The molecule has 0 aliphatic rings. The Morgan fingerprint density at radius 2 is 1.83 bits per heavy atom. The third-order valence-corrected chi connectivity index (χ3v) is 3.53. The zero-order chi connectivity index (χ0) is 16.5. The van der Waals surface area contributed by atoms with Crippen molar-refractivity contribution < 1.29 is 14.3 Å². The third kappa shape index (κ3) is 5.83. The van der Waals surface area contributed by atoms with E-state index in [-0.39, 0.29) is 12.5 Å². The highest BCUT2D eigenvalue weighted by Crippen LogP contribution is 2.22. The monoisotopic (exact) mass is 333 g/mol. The van der Waals surface area contributed by atoms with Gasteiger partial charge in [0.1, 0.15) is 18.1 Å². The summed E-state index contributed by atoms with van der Waals surface area (Å²) >= 11 is 5.95. The molecule has 0 unspecified atom stereocenters. The van der Waals surface area contributed by atoms with E-state index >= 15 is 0 Å². The standard InChI is InChI=1S/C18H20ClNO3/c1-2-14-7-9-15(10-8-14)22-12-11-20-18(21)13-23-17-6-4-3-5-16(17)19/h3-10H,2,11-13H2,1H3,(H,20,21). The van der Waals surface area contributed by atoms with Crippen molar-refractivity contribution in [2.75, 3.05) is 19.8 Å². The average molecular weight is 334 g/mol. The van der Waals surface area contributed by atoms with Crippen LogP contribution in [0.2, 0.25) is 5.02 Å². The number of ether oxygens (including phenoxy) is 2. The molecule has 2 aromatic carbocycles. The molecule has 23 heavy (non-hydrogen) atoms. The topological polar surface area (TPSA) is 47.6 Å². The van der Waals surface area contributed by atoms with Gasteiger partial charge < -0.3 is 14.8 Å². The molecule has 1 amide bonds. The molecule has 0 bridgehead atoms. The van der Waals surface area contributed by atoms with Crippen LogP contribution in [-0.2, 0) is 11.2 Å². The van der Waals surface area contributed by atoms with Gasteiger partial charge in [0, 0.05) is 0 Å². The van der Waals surface area contributed by atoms with E-state index in [1.807, 2.05) is 24.3 Å². The summed E-state index contributed by atoms with van der Waals surface area (Å²) < 4.78 is 10.9. The van der Waals surface area contributed by atoms with Gasteiger partial charge in [-0.25, -0.2) is 0 Å². The zero-order valence-corrected chi connectivity index (χ0v) is 13.8. The Labute approximate surface area is 141 Å². The normalized spacial score (nSPS) is 10.2. The fourth-order valence-electron chi connectivity index (χ4n) is 1.94. The van der Waals surface area contributed by atoms with Gasteiger partial charge in [-0.2, -0.15) is 0 Å². The molecular weight excluding hydrogens is 314 g/mol. The molecule has 0 atom stereocenters. The van der Waals surface area contributed by atoms with Gasteiger partial charge in [0.2, 0.25) is 0 Å². The maximum atomic E-state index is 11.7. The second kappa shape index (κ2) is 9.06. The number of aryl methyl sites for hydroxylation is 1. The molecule has 0 heterocycles. The van der Waals surface area contributed by atoms with Gasteiger partial charge >= 0.3 is 0 Å². The number of halogens is 1. The first kappa shape index (κ1) is 17.2. The summed E-state index contributed by atoms with van der Waals surface area (Å²) in [4.78, 5) is 11.7. The number of hydrogen-bond donors (Lipinski definition) is 1. The van der Waals surface area contributed by atoms with E-state index in [1.165, 1.54) is 5.56 Å². The van der Waals surface area contributed by atoms with E-state index in [0.29, 0.717) is 23.9 Å². The SMILES string of the molecule is CCc1ccc(OCCNC(=O)COc2ccccc2Cl)cc1. The Bertz CT molecular complexity index is 628. The molecule has 122 valence electrons. The summed E-state index contributed by atoms with van der Waals surface area (Å²) in [5.41, 5.74) is 1.27. The summed E-state index contributed by atoms with van der Waals surface area (Å²) in [7, 11) is 0. The van der Waals surface area contributed by atoms with Crippen LogP contribution in [0.4, 0.5) is 0 Å². The number of carbonyl (C=O) groups excluding carboxylic acids is 1. The van der Waals surface area contributed by atoms with Gasteiger partial charge in [-0.3, -0.25) is 4.79 Å². The summed E-state index contributed by atoms with van der Waals surface area (Å²) in [6.45, 7) is 2.86. The van der Waals surface area contributed by atoms with Gasteiger partial charge in [-0.1, -0.05) is 42.8 Å². The van der Waals surface area contributed by atoms with Crippen molar-refractivity contribution in [3.05, 3.63) is 59.1 Å². The van der Waals surface area contributed by atoms with E-state index in [9.17, 15) is 4.79 Å². The first-order chi connectivity index (χ1) is 11.2. The van der Waals surface area contributed by atoms with Crippen LogP contribution in [0.15, 0.2) is 48.5 Å². The van der Waals surface area contributed by atoms with Crippen molar-refractivity contribution in [2.24, 2.45) is 0 Å². The molecule has 0 radical (unpaired) electrons. The highest BCUT2D eigenvalue weighted by molar-refractivity contribution is 6.32. The second-order valence-electron chi connectivity index (χ2n) is 4.92. The predicted molar refractivity (Wildman–Crippen MR) is 91.3 cm³/mol. The van der Waals surface area contributed by atoms with Crippen LogP contribution in [0, 0.1) is 0 Å². The first-order valence-electron chi connectivity index (χ1n) is 7.55. The Balaban J connectivity index is 1.63. The molecule has 0 aliphatic carbocycles. The number of carbonyl (C=O) groups is 1. The largest absolute Gasteiger partial charge is 0.492 e. The van der Waals surface area contributed by atoms with E-state index in [2.05, 4.69) is 12.2 Å². The molecule has 5 heteroatoms. The van der Waals surface area contributed by atoms with Gasteiger partial charge in [0.05, 0.1) is 11.6 Å². The van der Waals surface area contributed by atoms with Gasteiger partial charge in [0.25, 0.3) is 5.91 Å². The molecule has 0 aromatic heterocycles. The van der Waals surface area contributed by atoms with E-state index < -0.39 is 0 Å². The van der Waals surface area contributed by atoms with E-state index in [1.54, 1.807) is 24.3 Å². The number of amides is 1. The van der Waals surface area contributed by atoms with Crippen LogP contribution in [0.25, 0.3) is 0 Å². The smallest absolute Gasteiger partial charge is 0.258 e. The Morgan fingerprint density at radius 1 is 1.09 bits per heavy atom. The minimum Gasteiger partial charge on any atom is -0.492 e. The van der Waals surface area contributed by atoms with Crippen LogP contribution in [-0.4, -0.2) is 25.7 Å². The molecule has 0 aliphatic heterocycles. The van der Waals surface area contributed by atoms with Crippen LogP contribution in [0.3, 0.4) is 0 Å². The second-order valence-corrected chi connectivity index (χ2v) is 5.32. The lowest BCUT2D eigenvalue weighted by molar-refractivity contribution is -0.123. The highest BCUT2D eigenvalue weighted by Gasteiger charge is 2.05.